The predicted octanol–water partition coefficient (Wildman–Crippen LogP) is 4.02. The fourth-order valence-electron chi connectivity index (χ4n) is 1.58. The van der Waals surface area contributed by atoms with Crippen molar-refractivity contribution >= 4 is 11.6 Å². The zero-order valence-corrected chi connectivity index (χ0v) is 11.2. The number of anilines is 1. The number of alkyl halides is 3. The first-order chi connectivity index (χ1) is 10.4. The van der Waals surface area contributed by atoms with Gasteiger partial charge in [-0.1, -0.05) is 6.58 Å². The summed E-state index contributed by atoms with van der Waals surface area (Å²) in [5.74, 6) is 0.0945. The Labute approximate surface area is 124 Å². The van der Waals surface area contributed by atoms with Gasteiger partial charge in [0.25, 0.3) is 0 Å². The summed E-state index contributed by atoms with van der Waals surface area (Å²) < 4.78 is 42.8. The first-order valence-corrected chi connectivity index (χ1v) is 6.12. The second-order valence-corrected chi connectivity index (χ2v) is 4.23. The average molecular weight is 308 g/mol. The molecule has 2 aromatic rings. The van der Waals surface area contributed by atoms with Crippen LogP contribution in [0.3, 0.4) is 0 Å². The van der Waals surface area contributed by atoms with Crippen molar-refractivity contribution in [2.75, 3.05) is 5.32 Å². The SMILES string of the molecule is C=CC(=O)Nc1cncc(Oc2ccc(C(F)(F)F)cc2)c1. The molecule has 1 N–H and O–H groups in total. The van der Waals surface area contributed by atoms with Gasteiger partial charge in [-0.3, -0.25) is 9.78 Å². The maximum Gasteiger partial charge on any atom is 0.416 e. The number of aromatic nitrogens is 1. The largest absolute Gasteiger partial charge is 0.456 e. The molecule has 0 bridgehead atoms. The number of amides is 1. The molecule has 0 saturated carbocycles. The van der Waals surface area contributed by atoms with Gasteiger partial charge in [-0.05, 0) is 30.3 Å². The Morgan fingerprint density at radius 3 is 2.45 bits per heavy atom. The number of ether oxygens (including phenoxy) is 1. The Hall–Kier alpha value is -2.83. The highest BCUT2D eigenvalue weighted by Crippen LogP contribution is 2.31. The molecule has 22 heavy (non-hydrogen) atoms. The zero-order valence-electron chi connectivity index (χ0n) is 11.2. The van der Waals surface area contributed by atoms with E-state index in [-0.39, 0.29) is 11.5 Å². The number of carbonyl (C=O) groups excluding carboxylic acids is 1. The van der Waals surface area contributed by atoms with Crippen LogP contribution < -0.4 is 10.1 Å². The maximum atomic E-state index is 12.5. The van der Waals surface area contributed by atoms with Crippen LogP contribution in [0.25, 0.3) is 0 Å². The summed E-state index contributed by atoms with van der Waals surface area (Å²) in [4.78, 5) is 15.0. The van der Waals surface area contributed by atoms with Crippen molar-refractivity contribution in [2.45, 2.75) is 6.18 Å². The number of benzene rings is 1. The van der Waals surface area contributed by atoms with Crippen LogP contribution in [0.4, 0.5) is 18.9 Å². The number of nitrogens with zero attached hydrogens (tertiary/aromatic N) is 1. The highest BCUT2D eigenvalue weighted by molar-refractivity contribution is 5.98. The number of pyridine rings is 1. The lowest BCUT2D eigenvalue weighted by Gasteiger charge is -2.09. The van der Waals surface area contributed by atoms with E-state index < -0.39 is 17.6 Å². The van der Waals surface area contributed by atoms with E-state index in [1.165, 1.54) is 30.6 Å². The van der Waals surface area contributed by atoms with Gasteiger partial charge in [0.2, 0.25) is 5.91 Å². The maximum absolute atomic E-state index is 12.5. The van der Waals surface area contributed by atoms with Crippen LogP contribution in [0, 0.1) is 0 Å². The summed E-state index contributed by atoms with van der Waals surface area (Å²) in [7, 11) is 0. The lowest BCUT2D eigenvalue weighted by Crippen LogP contribution is -2.07. The minimum absolute atomic E-state index is 0.224. The van der Waals surface area contributed by atoms with Gasteiger partial charge in [-0.15, -0.1) is 0 Å². The van der Waals surface area contributed by atoms with Crippen LogP contribution >= 0.6 is 0 Å². The highest BCUT2D eigenvalue weighted by atomic mass is 19.4. The number of halogens is 3. The molecule has 1 heterocycles. The van der Waals surface area contributed by atoms with E-state index >= 15 is 0 Å². The van der Waals surface area contributed by atoms with E-state index in [0.717, 1.165) is 18.2 Å². The molecule has 0 aliphatic heterocycles. The van der Waals surface area contributed by atoms with Crippen molar-refractivity contribution in [1.29, 1.82) is 0 Å². The van der Waals surface area contributed by atoms with Crippen LogP contribution in [0.2, 0.25) is 0 Å². The van der Waals surface area contributed by atoms with Crippen LogP contribution in [-0.4, -0.2) is 10.9 Å². The molecule has 0 atom stereocenters. The third-order valence-corrected chi connectivity index (χ3v) is 2.58. The summed E-state index contributed by atoms with van der Waals surface area (Å²) in [6.45, 7) is 3.32. The van der Waals surface area contributed by atoms with Gasteiger partial charge in [0.1, 0.15) is 11.5 Å². The topological polar surface area (TPSA) is 51.2 Å². The van der Waals surface area contributed by atoms with Crippen molar-refractivity contribution in [3.05, 3.63) is 60.9 Å². The highest BCUT2D eigenvalue weighted by Gasteiger charge is 2.30. The van der Waals surface area contributed by atoms with Gasteiger partial charge in [-0.2, -0.15) is 13.2 Å². The first-order valence-electron chi connectivity index (χ1n) is 6.12. The molecule has 1 aromatic heterocycles. The van der Waals surface area contributed by atoms with E-state index in [1.807, 2.05) is 0 Å². The number of hydrogen-bond donors (Lipinski definition) is 1. The number of hydrogen-bond acceptors (Lipinski definition) is 3. The second-order valence-electron chi connectivity index (χ2n) is 4.23. The molecule has 0 spiro atoms. The summed E-state index contributed by atoms with van der Waals surface area (Å²) in [5, 5.41) is 2.50. The molecule has 2 rings (SSSR count). The smallest absolute Gasteiger partial charge is 0.416 e. The Balaban J connectivity index is 2.12. The summed E-state index contributed by atoms with van der Waals surface area (Å²) >= 11 is 0. The minimum Gasteiger partial charge on any atom is -0.456 e. The third kappa shape index (κ3) is 4.08. The van der Waals surface area contributed by atoms with E-state index in [4.69, 9.17) is 4.74 Å². The normalized spacial score (nSPS) is 10.9. The molecule has 1 amide bonds. The Kier molecular flexibility index (Phi) is 4.45. The second kappa shape index (κ2) is 6.30. The Morgan fingerprint density at radius 2 is 1.86 bits per heavy atom. The molecule has 1 aromatic carbocycles. The van der Waals surface area contributed by atoms with Gasteiger partial charge in [-0.25, -0.2) is 0 Å². The van der Waals surface area contributed by atoms with Crippen LogP contribution in [0.15, 0.2) is 55.4 Å². The summed E-state index contributed by atoms with van der Waals surface area (Å²) in [6, 6.07) is 5.75. The molecule has 0 radical (unpaired) electrons. The van der Waals surface area contributed by atoms with Crippen LogP contribution in [0.1, 0.15) is 5.56 Å². The van der Waals surface area contributed by atoms with Crippen molar-refractivity contribution in [1.82, 2.24) is 4.98 Å². The standard InChI is InChI=1S/C15H11F3N2O2/c1-2-14(21)20-11-7-13(9-19-8-11)22-12-5-3-10(4-6-12)15(16,17)18/h2-9H,1H2,(H,20,21). The fraction of sp³-hybridized carbons (Fsp3) is 0.0667. The van der Waals surface area contributed by atoms with E-state index in [0.29, 0.717) is 5.69 Å². The van der Waals surface area contributed by atoms with Crippen molar-refractivity contribution in [2.24, 2.45) is 0 Å². The number of rotatable bonds is 4. The lowest BCUT2D eigenvalue weighted by molar-refractivity contribution is -0.137. The fourth-order valence-corrected chi connectivity index (χ4v) is 1.58. The van der Waals surface area contributed by atoms with Crippen LogP contribution in [-0.2, 0) is 11.0 Å². The summed E-state index contributed by atoms with van der Waals surface area (Å²) in [5.41, 5.74) is -0.376. The van der Waals surface area contributed by atoms with E-state index in [1.54, 1.807) is 0 Å². The Bertz CT molecular complexity index is 682. The molecule has 114 valence electrons. The zero-order chi connectivity index (χ0) is 16.2. The molecule has 0 saturated heterocycles. The first kappa shape index (κ1) is 15.6. The quantitative estimate of drug-likeness (QED) is 0.868. The molecule has 0 aliphatic rings. The van der Waals surface area contributed by atoms with E-state index in [2.05, 4.69) is 16.9 Å². The molecule has 0 unspecified atom stereocenters. The monoisotopic (exact) mass is 308 g/mol. The van der Waals surface area contributed by atoms with Crippen LogP contribution in [0.5, 0.6) is 11.5 Å². The molecular formula is C15H11F3N2O2. The molecule has 7 heteroatoms. The molecule has 0 aliphatic carbocycles. The molecular weight excluding hydrogens is 297 g/mol. The van der Waals surface area contributed by atoms with Crippen molar-refractivity contribution in [3.8, 4) is 11.5 Å². The molecule has 4 nitrogen and oxygen atoms in total. The van der Waals surface area contributed by atoms with Gasteiger partial charge >= 0.3 is 6.18 Å². The molecule has 0 fully saturated rings. The average Bonchev–Trinajstić information content (AvgIpc) is 2.47. The number of carbonyl (C=O) groups is 1. The minimum atomic E-state index is -4.39. The van der Waals surface area contributed by atoms with E-state index in [9.17, 15) is 18.0 Å². The third-order valence-electron chi connectivity index (χ3n) is 2.58. The van der Waals surface area contributed by atoms with Gasteiger partial charge < -0.3 is 10.1 Å². The van der Waals surface area contributed by atoms with Crippen molar-refractivity contribution < 1.29 is 22.7 Å². The number of nitrogens with one attached hydrogen (secondary N) is 1. The van der Waals surface area contributed by atoms with Crippen molar-refractivity contribution in [3.63, 3.8) is 0 Å². The van der Waals surface area contributed by atoms with Gasteiger partial charge in [0, 0.05) is 6.07 Å². The van der Waals surface area contributed by atoms with Gasteiger partial charge in [0.05, 0.1) is 23.6 Å². The predicted molar refractivity (Wildman–Crippen MR) is 74.6 cm³/mol. The van der Waals surface area contributed by atoms with Gasteiger partial charge in [0.15, 0.2) is 0 Å². The lowest BCUT2D eigenvalue weighted by atomic mass is 10.2. The Morgan fingerprint density at radius 1 is 1.18 bits per heavy atom. The summed E-state index contributed by atoms with van der Waals surface area (Å²) in [6.07, 6.45) is -0.513.